The molecule has 0 saturated carbocycles. The van der Waals surface area contributed by atoms with Crippen molar-refractivity contribution in [2.75, 3.05) is 0 Å². The summed E-state index contributed by atoms with van der Waals surface area (Å²) < 4.78 is 5.99. The molecule has 4 nitrogen and oxygen atoms in total. The molecule has 0 saturated heterocycles. The molecule has 0 radical (unpaired) electrons. The second kappa shape index (κ2) is 7.18. The molecule has 0 aliphatic carbocycles. The molecule has 1 unspecified atom stereocenters. The number of nitrogens with zero attached hydrogens (tertiary/aromatic N) is 1. The number of ether oxygens (including phenoxy) is 1. The van der Waals surface area contributed by atoms with Gasteiger partial charge in [0.1, 0.15) is 5.75 Å². The lowest BCUT2D eigenvalue weighted by Crippen LogP contribution is -2.33. The lowest BCUT2D eigenvalue weighted by molar-refractivity contribution is -0.614. The van der Waals surface area contributed by atoms with Crippen LogP contribution in [-0.4, -0.2) is 5.97 Å². The van der Waals surface area contributed by atoms with Crippen LogP contribution in [0.25, 0.3) is 0 Å². The van der Waals surface area contributed by atoms with E-state index in [2.05, 4.69) is 0 Å². The van der Waals surface area contributed by atoms with Crippen LogP contribution in [0.15, 0.2) is 72.9 Å². The first-order valence-electron chi connectivity index (χ1n) is 8.07. The van der Waals surface area contributed by atoms with Crippen molar-refractivity contribution in [2.24, 2.45) is 0 Å². The van der Waals surface area contributed by atoms with Crippen LogP contribution in [0.5, 0.6) is 5.75 Å². The van der Waals surface area contributed by atoms with Gasteiger partial charge in [-0.15, -0.1) is 0 Å². The normalized spacial score (nSPS) is 11.8. The summed E-state index contributed by atoms with van der Waals surface area (Å²) >= 11 is 0. The number of aryl methyl sites for hydroxylation is 1. The van der Waals surface area contributed by atoms with E-state index in [1.165, 1.54) is 13.1 Å². The van der Waals surface area contributed by atoms with Gasteiger partial charge in [0.15, 0.2) is 6.20 Å². The molecule has 0 N–H and O–H groups in total. The van der Waals surface area contributed by atoms with Crippen molar-refractivity contribution in [1.82, 2.24) is 0 Å². The average molecular weight is 333 g/mol. The summed E-state index contributed by atoms with van der Waals surface area (Å²) in [6.45, 7) is 3.40. The zero-order valence-electron chi connectivity index (χ0n) is 14.2. The van der Waals surface area contributed by atoms with E-state index < -0.39 is 0 Å². The molecule has 3 aromatic rings. The number of esters is 1. The molecule has 0 bridgehead atoms. The topological polar surface area (TPSA) is 53.2 Å². The Labute approximate surface area is 146 Å². The van der Waals surface area contributed by atoms with Crippen LogP contribution in [0.2, 0.25) is 0 Å². The van der Waals surface area contributed by atoms with E-state index in [1.807, 2.05) is 55.5 Å². The predicted octanol–water partition coefficient (Wildman–Crippen LogP) is 3.73. The van der Waals surface area contributed by atoms with Gasteiger partial charge in [-0.2, -0.15) is 4.73 Å². The van der Waals surface area contributed by atoms with Gasteiger partial charge in [0.25, 0.3) is 0 Å². The number of carbonyl (C=O) groups excluding carboxylic acids is 1. The van der Waals surface area contributed by atoms with Crippen molar-refractivity contribution >= 4 is 5.97 Å². The summed E-state index contributed by atoms with van der Waals surface area (Å²) in [5.74, 6) is -0.0732. The molecule has 0 fully saturated rings. The van der Waals surface area contributed by atoms with Crippen molar-refractivity contribution in [3.63, 3.8) is 0 Å². The van der Waals surface area contributed by atoms with Gasteiger partial charge in [0.05, 0.1) is 5.92 Å². The molecule has 1 aromatic heterocycles. The molecule has 4 heteroatoms. The monoisotopic (exact) mass is 333 g/mol. The first-order chi connectivity index (χ1) is 12.0. The third kappa shape index (κ3) is 3.86. The van der Waals surface area contributed by atoms with Gasteiger partial charge in [-0.3, -0.25) is 4.79 Å². The van der Waals surface area contributed by atoms with Crippen molar-refractivity contribution in [3.8, 4) is 5.75 Å². The second-order valence-corrected chi connectivity index (χ2v) is 5.96. The Bertz CT molecular complexity index is 870. The molecular formula is C21H19NO3. The number of benzene rings is 2. The van der Waals surface area contributed by atoms with Gasteiger partial charge < -0.3 is 9.94 Å². The number of hydrogen-bond acceptors (Lipinski definition) is 3. The molecule has 25 heavy (non-hydrogen) atoms. The van der Waals surface area contributed by atoms with E-state index in [0.29, 0.717) is 11.4 Å². The van der Waals surface area contributed by atoms with Crippen LogP contribution in [0, 0.1) is 12.1 Å². The summed E-state index contributed by atoms with van der Waals surface area (Å²) in [5, 5.41) is 12.3. The van der Waals surface area contributed by atoms with E-state index in [1.54, 1.807) is 18.2 Å². The summed E-state index contributed by atoms with van der Waals surface area (Å²) in [6.07, 6.45) is 1.50. The molecule has 0 aliphatic rings. The fourth-order valence-electron chi connectivity index (χ4n) is 2.85. The molecule has 0 aliphatic heterocycles. The van der Waals surface area contributed by atoms with Gasteiger partial charge in [-0.25, -0.2) is 0 Å². The Morgan fingerprint density at radius 3 is 2.12 bits per heavy atom. The maximum absolute atomic E-state index is 12.3. The molecule has 0 spiro atoms. The van der Waals surface area contributed by atoms with E-state index in [0.717, 1.165) is 21.4 Å². The lowest BCUT2D eigenvalue weighted by Gasteiger charge is -2.18. The van der Waals surface area contributed by atoms with Gasteiger partial charge in [0, 0.05) is 19.1 Å². The smallest absolute Gasteiger partial charge is 0.308 e. The van der Waals surface area contributed by atoms with Crippen LogP contribution in [0.3, 0.4) is 0 Å². The van der Waals surface area contributed by atoms with Gasteiger partial charge in [0.2, 0.25) is 5.69 Å². The van der Waals surface area contributed by atoms with Crippen molar-refractivity contribution in [3.05, 3.63) is 101 Å². The molecule has 126 valence electrons. The van der Waals surface area contributed by atoms with E-state index in [4.69, 9.17) is 4.74 Å². The largest absolute Gasteiger partial charge is 0.618 e. The third-order valence-electron chi connectivity index (χ3n) is 4.04. The quantitative estimate of drug-likeness (QED) is 0.316. The molecule has 1 heterocycles. The van der Waals surface area contributed by atoms with Crippen LogP contribution in [0.1, 0.15) is 35.2 Å². The molecule has 3 rings (SSSR count). The summed E-state index contributed by atoms with van der Waals surface area (Å²) in [5.41, 5.74) is 3.79. The van der Waals surface area contributed by atoms with Crippen LogP contribution < -0.4 is 9.47 Å². The fraction of sp³-hybridized carbons (Fsp3) is 0.143. The standard InChI is InChI=1S/C21H19NO3/c1-15-6-8-17(9-7-15)21(20-5-3-4-14-22(20)24)18-10-12-19(13-11-18)25-16(2)23/h3-14,21H,1-2H3. The summed E-state index contributed by atoms with van der Waals surface area (Å²) in [6, 6.07) is 20.8. The van der Waals surface area contributed by atoms with Gasteiger partial charge >= 0.3 is 5.97 Å². The van der Waals surface area contributed by atoms with Crippen LogP contribution in [-0.2, 0) is 4.79 Å². The fourth-order valence-corrected chi connectivity index (χ4v) is 2.85. The number of carbonyl (C=O) groups is 1. The number of pyridine rings is 1. The Hall–Kier alpha value is -3.14. The maximum Gasteiger partial charge on any atom is 0.308 e. The Kier molecular flexibility index (Phi) is 4.80. The van der Waals surface area contributed by atoms with Crippen molar-refractivity contribution < 1.29 is 14.3 Å². The molecule has 0 amide bonds. The van der Waals surface area contributed by atoms with Gasteiger partial charge in [-0.1, -0.05) is 42.0 Å². The lowest BCUT2D eigenvalue weighted by atomic mass is 9.87. The Balaban J connectivity index is 2.06. The third-order valence-corrected chi connectivity index (χ3v) is 4.04. The highest BCUT2D eigenvalue weighted by Crippen LogP contribution is 2.31. The van der Waals surface area contributed by atoms with Gasteiger partial charge in [-0.05, 0) is 36.2 Å². The number of aromatic nitrogens is 1. The highest BCUT2D eigenvalue weighted by Gasteiger charge is 2.23. The first-order valence-corrected chi connectivity index (χ1v) is 8.07. The van der Waals surface area contributed by atoms with Crippen molar-refractivity contribution in [1.29, 1.82) is 0 Å². The average Bonchev–Trinajstić information content (AvgIpc) is 2.59. The molecule has 2 aromatic carbocycles. The predicted molar refractivity (Wildman–Crippen MR) is 95.3 cm³/mol. The highest BCUT2D eigenvalue weighted by atomic mass is 16.5. The van der Waals surface area contributed by atoms with E-state index in [-0.39, 0.29) is 11.9 Å². The second-order valence-electron chi connectivity index (χ2n) is 5.96. The Morgan fingerprint density at radius 2 is 1.56 bits per heavy atom. The minimum absolute atomic E-state index is 0.203. The summed E-state index contributed by atoms with van der Waals surface area (Å²) in [7, 11) is 0. The summed E-state index contributed by atoms with van der Waals surface area (Å²) in [4.78, 5) is 11.1. The first kappa shape index (κ1) is 16.7. The van der Waals surface area contributed by atoms with E-state index in [9.17, 15) is 10.0 Å². The maximum atomic E-state index is 12.3. The number of rotatable bonds is 4. The molecule has 1 atom stereocenters. The highest BCUT2D eigenvalue weighted by molar-refractivity contribution is 5.69. The zero-order chi connectivity index (χ0) is 17.8. The van der Waals surface area contributed by atoms with E-state index >= 15 is 0 Å². The molecular weight excluding hydrogens is 314 g/mol. The van der Waals surface area contributed by atoms with Crippen LogP contribution >= 0.6 is 0 Å². The Morgan fingerprint density at radius 1 is 0.960 bits per heavy atom. The SMILES string of the molecule is CC(=O)Oc1ccc(C(c2ccc(C)cc2)c2cccc[n+]2[O-])cc1. The minimum Gasteiger partial charge on any atom is -0.618 e. The van der Waals surface area contributed by atoms with Crippen LogP contribution in [0.4, 0.5) is 0 Å². The zero-order valence-corrected chi connectivity index (χ0v) is 14.2. The van der Waals surface area contributed by atoms with Crippen molar-refractivity contribution in [2.45, 2.75) is 19.8 Å². The number of hydrogen-bond donors (Lipinski definition) is 0. The minimum atomic E-state index is -0.358.